The van der Waals surface area contributed by atoms with Gasteiger partial charge in [-0.1, -0.05) is 27.7 Å². The maximum atomic E-state index is 3.53. The monoisotopic (exact) mass is 255 g/mol. The van der Waals surface area contributed by atoms with Gasteiger partial charge in [-0.15, -0.1) is 0 Å². The fourth-order valence-electron chi connectivity index (χ4n) is 2.99. The first-order chi connectivity index (χ1) is 8.52. The molecule has 1 N–H and O–H groups in total. The summed E-state index contributed by atoms with van der Waals surface area (Å²) in [6.45, 7) is 15.1. The second-order valence-electron chi connectivity index (χ2n) is 6.31. The third kappa shape index (κ3) is 5.68. The van der Waals surface area contributed by atoms with E-state index in [1.807, 2.05) is 0 Å². The van der Waals surface area contributed by atoms with Gasteiger partial charge in [-0.05, 0) is 45.4 Å². The molecule has 0 aliphatic carbocycles. The van der Waals surface area contributed by atoms with E-state index in [0.29, 0.717) is 6.04 Å². The van der Waals surface area contributed by atoms with Crippen molar-refractivity contribution in [2.75, 3.05) is 39.8 Å². The summed E-state index contributed by atoms with van der Waals surface area (Å²) in [6.07, 6.45) is 2.77. The molecule has 0 amide bonds. The lowest BCUT2D eigenvalue weighted by atomic mass is 10.1. The minimum atomic E-state index is 0.600. The molecule has 3 heteroatoms. The summed E-state index contributed by atoms with van der Waals surface area (Å²) in [4.78, 5) is 5.15. The second-order valence-corrected chi connectivity index (χ2v) is 6.31. The topological polar surface area (TPSA) is 18.5 Å². The van der Waals surface area contributed by atoms with Crippen LogP contribution < -0.4 is 5.32 Å². The van der Waals surface area contributed by atoms with E-state index < -0.39 is 0 Å². The zero-order chi connectivity index (χ0) is 13.5. The molecule has 1 heterocycles. The highest BCUT2D eigenvalue weighted by atomic mass is 15.2. The van der Waals surface area contributed by atoms with Gasteiger partial charge in [0.2, 0.25) is 0 Å². The zero-order valence-corrected chi connectivity index (χ0v) is 13.1. The highest BCUT2D eigenvalue weighted by Crippen LogP contribution is 2.17. The van der Waals surface area contributed by atoms with Crippen molar-refractivity contribution in [1.29, 1.82) is 0 Å². The van der Waals surface area contributed by atoms with Gasteiger partial charge >= 0.3 is 0 Å². The number of hydrogen-bond donors (Lipinski definition) is 1. The normalized spacial score (nSPS) is 23.2. The molecule has 2 unspecified atom stereocenters. The summed E-state index contributed by atoms with van der Waals surface area (Å²) < 4.78 is 0. The summed E-state index contributed by atoms with van der Waals surface area (Å²) in [5.41, 5.74) is 0. The largest absolute Gasteiger partial charge is 0.314 e. The Kier molecular flexibility index (Phi) is 7.20. The molecule has 0 aromatic heterocycles. The van der Waals surface area contributed by atoms with Crippen molar-refractivity contribution in [3.8, 4) is 0 Å². The summed E-state index contributed by atoms with van der Waals surface area (Å²) in [5, 5.41) is 3.53. The Hall–Kier alpha value is -0.120. The van der Waals surface area contributed by atoms with Gasteiger partial charge in [-0.2, -0.15) is 0 Å². The molecule has 3 nitrogen and oxygen atoms in total. The molecule has 1 rings (SSSR count). The van der Waals surface area contributed by atoms with Gasteiger partial charge in [-0.25, -0.2) is 0 Å². The maximum absolute atomic E-state index is 3.53. The molecule has 1 saturated heterocycles. The van der Waals surface area contributed by atoms with Crippen molar-refractivity contribution in [3.63, 3.8) is 0 Å². The van der Waals surface area contributed by atoms with Crippen LogP contribution in [0.5, 0.6) is 0 Å². The van der Waals surface area contributed by atoms with Crippen molar-refractivity contribution >= 4 is 0 Å². The van der Waals surface area contributed by atoms with Gasteiger partial charge < -0.3 is 10.2 Å². The Balaban J connectivity index is 2.21. The van der Waals surface area contributed by atoms with Gasteiger partial charge in [0.25, 0.3) is 0 Å². The number of hydrogen-bond acceptors (Lipinski definition) is 3. The van der Waals surface area contributed by atoms with E-state index in [9.17, 15) is 0 Å². The van der Waals surface area contributed by atoms with Crippen LogP contribution in [0.4, 0.5) is 0 Å². The van der Waals surface area contributed by atoms with E-state index >= 15 is 0 Å². The molecule has 0 saturated carbocycles. The Morgan fingerprint density at radius 2 is 2.06 bits per heavy atom. The molecular weight excluding hydrogens is 222 g/mol. The lowest BCUT2D eigenvalue weighted by Gasteiger charge is -2.29. The van der Waals surface area contributed by atoms with Gasteiger partial charge in [0.15, 0.2) is 0 Å². The summed E-state index contributed by atoms with van der Waals surface area (Å²) in [7, 11) is 2.28. The van der Waals surface area contributed by atoms with E-state index in [1.54, 1.807) is 0 Å². The molecule has 1 fully saturated rings. The van der Waals surface area contributed by atoms with E-state index in [4.69, 9.17) is 0 Å². The first-order valence-corrected chi connectivity index (χ1v) is 7.68. The van der Waals surface area contributed by atoms with E-state index in [0.717, 1.165) is 18.5 Å². The van der Waals surface area contributed by atoms with Crippen molar-refractivity contribution in [2.45, 2.75) is 52.6 Å². The highest BCUT2D eigenvalue weighted by molar-refractivity contribution is 4.81. The zero-order valence-electron chi connectivity index (χ0n) is 13.1. The van der Waals surface area contributed by atoms with Crippen LogP contribution in [0, 0.1) is 5.92 Å². The standard InChI is InChI=1S/C15H33N3/c1-6-18-9-7-8-15(18)12-17(5)11-14(4)10-16-13(2)3/h13-16H,6-12H2,1-5H3. The van der Waals surface area contributed by atoms with Gasteiger partial charge in [-0.3, -0.25) is 4.90 Å². The molecular formula is C15H33N3. The lowest BCUT2D eigenvalue weighted by molar-refractivity contribution is 0.184. The van der Waals surface area contributed by atoms with Crippen LogP contribution >= 0.6 is 0 Å². The van der Waals surface area contributed by atoms with Gasteiger partial charge in [0, 0.05) is 25.2 Å². The van der Waals surface area contributed by atoms with Crippen molar-refractivity contribution in [2.24, 2.45) is 5.92 Å². The van der Waals surface area contributed by atoms with Crippen LogP contribution in [0.3, 0.4) is 0 Å². The number of rotatable bonds is 8. The van der Waals surface area contributed by atoms with Crippen LogP contribution in [0.1, 0.15) is 40.5 Å². The quantitative estimate of drug-likeness (QED) is 0.716. The number of nitrogens with zero attached hydrogens (tertiary/aromatic N) is 2. The van der Waals surface area contributed by atoms with Crippen LogP contribution in [-0.4, -0.2) is 61.7 Å². The highest BCUT2D eigenvalue weighted by Gasteiger charge is 2.24. The molecule has 0 aromatic rings. The summed E-state index contributed by atoms with van der Waals surface area (Å²) >= 11 is 0. The molecule has 2 atom stereocenters. The van der Waals surface area contributed by atoms with Crippen molar-refractivity contribution in [1.82, 2.24) is 15.1 Å². The number of nitrogens with one attached hydrogen (secondary N) is 1. The Morgan fingerprint density at radius 3 is 2.67 bits per heavy atom. The second kappa shape index (κ2) is 8.13. The maximum Gasteiger partial charge on any atom is 0.0223 e. The first-order valence-electron chi connectivity index (χ1n) is 7.68. The Morgan fingerprint density at radius 1 is 1.33 bits per heavy atom. The first kappa shape index (κ1) is 15.9. The fourth-order valence-corrected chi connectivity index (χ4v) is 2.99. The van der Waals surface area contributed by atoms with Crippen molar-refractivity contribution in [3.05, 3.63) is 0 Å². The molecule has 0 aromatic carbocycles. The molecule has 0 radical (unpaired) electrons. The number of likely N-dealkylation sites (N-methyl/N-ethyl adjacent to an activating group) is 2. The van der Waals surface area contributed by atoms with Gasteiger partial charge in [0.1, 0.15) is 0 Å². The SMILES string of the molecule is CCN1CCCC1CN(C)CC(C)CNC(C)C. The number of likely N-dealkylation sites (tertiary alicyclic amines) is 1. The lowest BCUT2D eigenvalue weighted by Crippen LogP contribution is -2.41. The predicted molar refractivity (Wildman–Crippen MR) is 80.1 cm³/mol. The molecule has 1 aliphatic rings. The predicted octanol–water partition coefficient (Wildman–Crippen LogP) is 2.04. The van der Waals surface area contributed by atoms with Crippen LogP contribution in [0.15, 0.2) is 0 Å². The minimum Gasteiger partial charge on any atom is -0.314 e. The third-order valence-electron chi connectivity index (χ3n) is 3.93. The average molecular weight is 255 g/mol. The van der Waals surface area contributed by atoms with Crippen LogP contribution in [0.25, 0.3) is 0 Å². The van der Waals surface area contributed by atoms with Crippen LogP contribution in [0.2, 0.25) is 0 Å². The van der Waals surface area contributed by atoms with Crippen LogP contribution in [-0.2, 0) is 0 Å². The minimum absolute atomic E-state index is 0.600. The molecule has 0 spiro atoms. The Bertz CT molecular complexity index is 218. The average Bonchev–Trinajstić information content (AvgIpc) is 2.73. The van der Waals surface area contributed by atoms with E-state index in [-0.39, 0.29) is 0 Å². The Labute approximate surface area is 114 Å². The van der Waals surface area contributed by atoms with E-state index in [1.165, 1.54) is 39.0 Å². The summed E-state index contributed by atoms with van der Waals surface area (Å²) in [6, 6.07) is 1.40. The molecule has 108 valence electrons. The molecule has 0 bridgehead atoms. The molecule has 18 heavy (non-hydrogen) atoms. The van der Waals surface area contributed by atoms with Gasteiger partial charge in [0.05, 0.1) is 0 Å². The summed E-state index contributed by atoms with van der Waals surface area (Å²) in [5.74, 6) is 0.730. The van der Waals surface area contributed by atoms with Crippen molar-refractivity contribution < 1.29 is 0 Å². The third-order valence-corrected chi connectivity index (χ3v) is 3.93. The van der Waals surface area contributed by atoms with E-state index in [2.05, 4.69) is 49.9 Å². The molecule has 1 aliphatic heterocycles. The smallest absolute Gasteiger partial charge is 0.0223 e. The fraction of sp³-hybridized carbons (Fsp3) is 1.00.